The van der Waals surface area contributed by atoms with Crippen LogP contribution < -0.4 is 10.6 Å². The molecule has 2 aromatic rings. The van der Waals surface area contributed by atoms with Crippen molar-refractivity contribution in [3.05, 3.63) is 52.0 Å². The molecule has 0 spiro atoms. The smallest absolute Gasteiger partial charge is 0.306 e. The molecular weight excluding hydrogens is 719 g/mol. The lowest BCUT2D eigenvalue weighted by molar-refractivity contribution is -0.153. The topological polar surface area (TPSA) is 158 Å². The van der Waals surface area contributed by atoms with Crippen molar-refractivity contribution in [1.29, 1.82) is 0 Å². The number of aromatic nitrogens is 1. The predicted octanol–water partition coefficient (Wildman–Crippen LogP) is 6.08. The number of carboxylic acids is 1. The standard InChI is InChI=1S/C42H65N5O7S/c1-11-27(5)36(45-38(50)33-20-16-17-21-46(33)9)39(51)47(10)34(26(3)4)24-35(54-29(7)48)42(8,12-2)41-44-32(25-55-41)37(49)43-31(22-28(6)40(52)53)23-30-18-14-13-15-19-30/h13-15,18-19,25-28,31,33-36H,11-12,16-17,20-24H2,1-10H3,(H,43,49)(H,45,50)(H,52,53)/t27?,28-,31+,33+,34+,35+,36-,42?/m0/s1. The van der Waals surface area contributed by atoms with E-state index >= 15 is 0 Å². The van der Waals surface area contributed by atoms with E-state index in [2.05, 4.69) is 15.5 Å². The monoisotopic (exact) mass is 783 g/mol. The van der Waals surface area contributed by atoms with Crippen LogP contribution in [0.5, 0.6) is 0 Å². The van der Waals surface area contributed by atoms with Crippen LogP contribution >= 0.6 is 11.3 Å². The van der Waals surface area contributed by atoms with Crippen molar-refractivity contribution >= 4 is 41.0 Å². The number of carbonyl (C=O) groups excluding carboxylic acids is 4. The number of nitrogens with zero attached hydrogens (tertiary/aromatic N) is 3. The van der Waals surface area contributed by atoms with E-state index in [0.29, 0.717) is 30.7 Å². The van der Waals surface area contributed by atoms with E-state index in [1.165, 1.54) is 18.3 Å². The number of thiazole rings is 1. The second kappa shape index (κ2) is 20.9. The summed E-state index contributed by atoms with van der Waals surface area (Å²) in [5, 5.41) is 18.0. The fourth-order valence-corrected chi connectivity index (χ4v) is 8.57. The second-order valence-electron chi connectivity index (χ2n) is 16.1. The van der Waals surface area contributed by atoms with Gasteiger partial charge in [0.1, 0.15) is 22.8 Å². The van der Waals surface area contributed by atoms with Gasteiger partial charge in [0.15, 0.2) is 0 Å². The Morgan fingerprint density at radius 3 is 2.29 bits per heavy atom. The first-order chi connectivity index (χ1) is 25.9. The number of hydrogen-bond acceptors (Lipinski definition) is 9. The van der Waals surface area contributed by atoms with Gasteiger partial charge in [0.25, 0.3) is 5.91 Å². The maximum atomic E-state index is 14.4. The third kappa shape index (κ3) is 12.3. The molecule has 1 saturated heterocycles. The van der Waals surface area contributed by atoms with Gasteiger partial charge in [-0.3, -0.25) is 28.9 Å². The van der Waals surface area contributed by atoms with E-state index in [0.717, 1.165) is 31.4 Å². The maximum Gasteiger partial charge on any atom is 0.306 e. The van der Waals surface area contributed by atoms with Crippen molar-refractivity contribution in [1.82, 2.24) is 25.4 Å². The minimum atomic E-state index is -0.932. The minimum absolute atomic E-state index is 0.0294. The van der Waals surface area contributed by atoms with Gasteiger partial charge in [-0.1, -0.05) is 84.7 Å². The van der Waals surface area contributed by atoms with Gasteiger partial charge in [0.2, 0.25) is 11.8 Å². The number of hydrogen-bond donors (Lipinski definition) is 3. The second-order valence-corrected chi connectivity index (χ2v) is 17.0. The molecule has 0 radical (unpaired) electrons. The van der Waals surface area contributed by atoms with E-state index in [1.54, 1.807) is 24.3 Å². The van der Waals surface area contributed by atoms with Crippen molar-refractivity contribution in [3.63, 3.8) is 0 Å². The fourth-order valence-electron chi connectivity index (χ4n) is 7.49. The number of ether oxygens (including phenoxy) is 1. The number of benzene rings is 1. The zero-order valence-corrected chi connectivity index (χ0v) is 35.4. The van der Waals surface area contributed by atoms with E-state index in [9.17, 15) is 29.1 Å². The zero-order chi connectivity index (χ0) is 41.0. The van der Waals surface area contributed by atoms with Gasteiger partial charge in [0, 0.05) is 37.9 Å². The molecule has 1 aliphatic rings. The fraction of sp³-hybridized carbons (Fsp3) is 0.667. The molecule has 0 aliphatic carbocycles. The number of piperidine rings is 1. The van der Waals surface area contributed by atoms with Crippen molar-refractivity contribution in [2.75, 3.05) is 20.6 Å². The summed E-state index contributed by atoms with van der Waals surface area (Å²) in [6.07, 6.45) is 4.32. The summed E-state index contributed by atoms with van der Waals surface area (Å²) >= 11 is 1.31. The largest absolute Gasteiger partial charge is 0.481 e. The summed E-state index contributed by atoms with van der Waals surface area (Å²) < 4.78 is 6.08. The molecule has 13 heteroatoms. The molecule has 1 aromatic carbocycles. The highest BCUT2D eigenvalue weighted by Crippen LogP contribution is 2.39. The van der Waals surface area contributed by atoms with Crippen LogP contribution in [0.2, 0.25) is 0 Å². The number of carboxylic acid groups (broad SMARTS) is 1. The first kappa shape index (κ1) is 45.5. The summed E-state index contributed by atoms with van der Waals surface area (Å²) in [6, 6.07) is 7.82. The van der Waals surface area contributed by atoms with E-state index in [-0.39, 0.29) is 47.8 Å². The Morgan fingerprint density at radius 2 is 1.73 bits per heavy atom. The molecule has 1 aliphatic heterocycles. The number of likely N-dealkylation sites (N-methyl/N-ethyl adjacent to an activating group) is 2. The highest BCUT2D eigenvalue weighted by molar-refractivity contribution is 7.10. The Hall–Kier alpha value is -3.84. The third-order valence-electron chi connectivity index (χ3n) is 11.6. The molecule has 0 saturated carbocycles. The Balaban J connectivity index is 1.88. The first-order valence-corrected chi connectivity index (χ1v) is 20.8. The lowest BCUT2D eigenvalue weighted by Gasteiger charge is -2.41. The molecule has 3 N–H and O–H groups in total. The summed E-state index contributed by atoms with van der Waals surface area (Å²) in [6.45, 7) is 15.8. The van der Waals surface area contributed by atoms with Crippen molar-refractivity contribution in [3.8, 4) is 0 Å². The molecule has 2 unspecified atom stereocenters. The van der Waals surface area contributed by atoms with Gasteiger partial charge in [-0.2, -0.15) is 0 Å². The van der Waals surface area contributed by atoms with Gasteiger partial charge in [-0.25, -0.2) is 4.98 Å². The summed E-state index contributed by atoms with van der Waals surface area (Å²) in [4.78, 5) is 74.5. The first-order valence-electron chi connectivity index (χ1n) is 19.9. The van der Waals surface area contributed by atoms with Crippen LogP contribution in [-0.4, -0.2) is 100 Å². The minimum Gasteiger partial charge on any atom is -0.481 e. The van der Waals surface area contributed by atoms with E-state index < -0.39 is 47.4 Å². The molecule has 3 amide bonds. The van der Waals surface area contributed by atoms with Gasteiger partial charge >= 0.3 is 11.9 Å². The Morgan fingerprint density at radius 1 is 1.05 bits per heavy atom. The Kier molecular flexibility index (Phi) is 17.3. The van der Waals surface area contributed by atoms with Gasteiger partial charge in [-0.05, 0) is 70.0 Å². The lowest BCUT2D eigenvalue weighted by atomic mass is 9.77. The summed E-state index contributed by atoms with van der Waals surface area (Å²) in [7, 11) is 3.71. The average molecular weight is 784 g/mol. The van der Waals surface area contributed by atoms with Gasteiger partial charge in [0.05, 0.1) is 17.4 Å². The molecule has 1 fully saturated rings. The Labute approximate surface area is 332 Å². The number of esters is 1. The predicted molar refractivity (Wildman–Crippen MR) is 216 cm³/mol. The quantitative estimate of drug-likeness (QED) is 0.135. The molecule has 306 valence electrons. The summed E-state index contributed by atoms with van der Waals surface area (Å²) in [5.41, 5.74) is 0.360. The SMILES string of the molecule is CCC(C)[C@H](NC(=O)[C@H]1CCCCN1C)C(=O)N(C)[C@H](C[C@@H](OC(C)=O)C(C)(CC)c1nc(C(=O)N[C@@H](Cc2ccccc2)C[C@H](C)C(=O)O)cs1)C(C)C. The third-order valence-corrected chi connectivity index (χ3v) is 12.7. The van der Waals surface area contributed by atoms with Crippen LogP contribution in [0.15, 0.2) is 35.7 Å². The van der Waals surface area contributed by atoms with Crippen LogP contribution in [-0.2, 0) is 35.8 Å². The number of amides is 3. The highest BCUT2D eigenvalue weighted by atomic mass is 32.1. The van der Waals surface area contributed by atoms with Crippen LogP contribution in [0.25, 0.3) is 0 Å². The number of rotatable bonds is 20. The molecule has 1 aromatic heterocycles. The van der Waals surface area contributed by atoms with Crippen molar-refractivity contribution in [2.45, 2.75) is 142 Å². The van der Waals surface area contributed by atoms with E-state index in [4.69, 9.17) is 9.72 Å². The molecule has 0 bridgehead atoms. The molecule has 3 rings (SSSR count). The van der Waals surface area contributed by atoms with Crippen molar-refractivity contribution in [2.24, 2.45) is 17.8 Å². The zero-order valence-electron chi connectivity index (χ0n) is 34.6. The van der Waals surface area contributed by atoms with Gasteiger partial charge < -0.3 is 25.4 Å². The maximum absolute atomic E-state index is 14.4. The molecule has 12 nitrogen and oxygen atoms in total. The van der Waals surface area contributed by atoms with Crippen LogP contribution in [0, 0.1) is 17.8 Å². The molecular formula is C42H65N5O7S. The summed E-state index contributed by atoms with van der Waals surface area (Å²) in [5.74, 6) is -2.92. The van der Waals surface area contributed by atoms with E-state index in [1.807, 2.05) is 78.9 Å². The van der Waals surface area contributed by atoms with Crippen LogP contribution in [0.1, 0.15) is 121 Å². The molecule has 8 atom stereocenters. The molecule has 55 heavy (non-hydrogen) atoms. The average Bonchev–Trinajstić information content (AvgIpc) is 3.66. The Bertz CT molecular complexity index is 1580. The molecule has 2 heterocycles. The number of aliphatic carboxylic acids is 1. The number of carbonyl (C=O) groups is 5. The number of nitrogens with one attached hydrogen (secondary N) is 2. The highest BCUT2D eigenvalue weighted by Gasteiger charge is 2.44. The normalized spacial score (nSPS) is 19.2. The van der Waals surface area contributed by atoms with Crippen LogP contribution in [0.3, 0.4) is 0 Å². The number of likely N-dealkylation sites (tertiary alicyclic amines) is 1. The van der Waals surface area contributed by atoms with Gasteiger partial charge in [-0.15, -0.1) is 11.3 Å². The van der Waals surface area contributed by atoms with Crippen LogP contribution in [0.4, 0.5) is 0 Å². The van der Waals surface area contributed by atoms with Crippen molar-refractivity contribution < 1.29 is 33.8 Å². The lowest BCUT2D eigenvalue weighted by Crippen LogP contribution is -2.58.